The van der Waals surface area contributed by atoms with E-state index in [0.717, 1.165) is 88.7 Å². The Morgan fingerprint density at radius 1 is 0.846 bits per heavy atom. The summed E-state index contributed by atoms with van der Waals surface area (Å²) in [5.41, 5.74) is 7.22. The summed E-state index contributed by atoms with van der Waals surface area (Å²) in [4.78, 5) is 91.6. The molecule has 2 aromatic carbocycles. The van der Waals surface area contributed by atoms with Gasteiger partial charge in [0.1, 0.15) is 11.7 Å². The van der Waals surface area contributed by atoms with Crippen LogP contribution < -0.4 is 10.6 Å². The highest BCUT2D eigenvalue weighted by atomic mass is 16.5. The molecule has 4 fully saturated rings. The molecular weight excluding hydrogens is 827 g/mol. The Morgan fingerprint density at radius 3 is 2.38 bits per heavy atom. The van der Waals surface area contributed by atoms with Crippen molar-refractivity contribution in [2.24, 2.45) is 5.41 Å². The van der Waals surface area contributed by atoms with Gasteiger partial charge in [-0.3, -0.25) is 53.6 Å². The first-order valence-corrected chi connectivity index (χ1v) is 22.7. The summed E-state index contributed by atoms with van der Waals surface area (Å²) in [6, 6.07) is 16.3. The number of imide groups is 2. The molecule has 16 nitrogen and oxygen atoms in total. The number of fused-ring (bicyclic) bond motifs is 3. The molecule has 8 heterocycles. The molecule has 6 aliphatic rings. The van der Waals surface area contributed by atoms with Crippen molar-refractivity contribution in [2.75, 3.05) is 38.2 Å². The molecule has 5 aromatic rings. The van der Waals surface area contributed by atoms with Gasteiger partial charge in [-0.2, -0.15) is 5.10 Å². The second kappa shape index (κ2) is 16.0. The van der Waals surface area contributed by atoms with Crippen LogP contribution >= 0.6 is 0 Å². The number of pyridine rings is 2. The smallest absolute Gasteiger partial charge is 0.272 e. The topological polar surface area (TPSA) is 189 Å². The number of anilines is 1. The predicted octanol–water partition coefficient (Wildman–Crippen LogP) is 5.31. The Bertz CT molecular complexity index is 2820. The molecule has 1 unspecified atom stereocenters. The number of hydrogen-bond donors (Lipinski definition) is 2. The quantitative estimate of drug-likeness (QED) is 0.202. The number of carbonyl (C=O) groups excluding carboxylic acids is 6. The number of hydrogen-bond acceptors (Lipinski definition) is 11. The van der Waals surface area contributed by atoms with E-state index in [1.54, 1.807) is 37.4 Å². The third kappa shape index (κ3) is 7.14. The van der Waals surface area contributed by atoms with Crippen LogP contribution in [0.15, 0.2) is 67.0 Å². The van der Waals surface area contributed by atoms with Crippen molar-refractivity contribution in [3.05, 3.63) is 95.1 Å². The number of ether oxygens (including phenoxy) is 1. The van der Waals surface area contributed by atoms with E-state index in [0.29, 0.717) is 50.8 Å². The molecule has 1 saturated carbocycles. The molecule has 0 bridgehead atoms. The number of piperidine rings is 1. The van der Waals surface area contributed by atoms with Crippen LogP contribution in [0.2, 0.25) is 0 Å². The molecule has 5 aliphatic heterocycles. The predicted molar refractivity (Wildman–Crippen MR) is 237 cm³/mol. The number of nitrogens with zero attached hydrogens (tertiary/aromatic N) is 7. The largest absolute Gasteiger partial charge is 0.382 e. The van der Waals surface area contributed by atoms with Crippen LogP contribution in [-0.4, -0.2) is 115 Å². The first-order valence-electron chi connectivity index (χ1n) is 22.7. The van der Waals surface area contributed by atoms with E-state index in [2.05, 4.69) is 32.4 Å². The van der Waals surface area contributed by atoms with Gasteiger partial charge in [0.2, 0.25) is 17.7 Å². The second-order valence-corrected chi connectivity index (χ2v) is 18.5. The van der Waals surface area contributed by atoms with E-state index >= 15 is 0 Å². The van der Waals surface area contributed by atoms with Crippen molar-refractivity contribution in [2.45, 2.75) is 89.4 Å². The van der Waals surface area contributed by atoms with Crippen LogP contribution in [0.3, 0.4) is 0 Å². The Morgan fingerprint density at radius 2 is 1.63 bits per heavy atom. The average Bonchev–Trinajstić information content (AvgIpc) is 3.82. The Balaban J connectivity index is 0.735. The minimum absolute atomic E-state index is 0.0176. The number of likely N-dealkylation sites (tertiary alicyclic amines) is 1. The molecule has 1 spiro atoms. The molecule has 1 aliphatic carbocycles. The van der Waals surface area contributed by atoms with Gasteiger partial charge in [-0.05, 0) is 80.7 Å². The summed E-state index contributed by atoms with van der Waals surface area (Å²) in [5.74, 6) is -2.14. The lowest BCUT2D eigenvalue weighted by atomic mass is 9.67. The SMILES string of the molecule is CC(=O)N1CCc2c(c(-c3cccc4cc(-c5ccc(C(=O)N6CC7(CCC(Nc8cccc9c8C(=O)N(C8CCC(=O)NC8=O)C9=O)CC7)C6)nc5)ncc34)nn2C2CCOCC2)C1. The van der Waals surface area contributed by atoms with E-state index in [1.165, 1.54) is 5.69 Å². The third-order valence-electron chi connectivity index (χ3n) is 14.6. The summed E-state index contributed by atoms with van der Waals surface area (Å²) in [7, 11) is 0. The van der Waals surface area contributed by atoms with Crippen molar-refractivity contribution in [3.63, 3.8) is 0 Å². The van der Waals surface area contributed by atoms with Crippen LogP contribution in [0.1, 0.15) is 107 Å². The van der Waals surface area contributed by atoms with Crippen molar-refractivity contribution >= 4 is 51.9 Å². The molecule has 1 atom stereocenters. The number of nitrogens with one attached hydrogen (secondary N) is 2. The van der Waals surface area contributed by atoms with E-state index in [9.17, 15) is 28.8 Å². The molecule has 11 rings (SSSR count). The van der Waals surface area contributed by atoms with Gasteiger partial charge in [0, 0.05) is 116 Å². The summed E-state index contributed by atoms with van der Waals surface area (Å²) in [5, 5.41) is 13.0. The average molecular weight is 876 g/mol. The molecule has 6 amide bonds. The van der Waals surface area contributed by atoms with E-state index in [1.807, 2.05) is 34.2 Å². The van der Waals surface area contributed by atoms with E-state index in [4.69, 9.17) is 14.8 Å². The van der Waals surface area contributed by atoms with Crippen LogP contribution in [-0.2, 0) is 32.1 Å². The number of benzene rings is 2. The second-order valence-electron chi connectivity index (χ2n) is 18.5. The Kier molecular flexibility index (Phi) is 10.1. The first kappa shape index (κ1) is 40.9. The molecular formula is C49H49N9O7. The minimum Gasteiger partial charge on any atom is -0.382 e. The zero-order valence-electron chi connectivity index (χ0n) is 36.2. The standard InChI is InChI=1S/C49H49N9O7/c1-28(59)55-19-14-40-36(25-55)44(54-58(40)32-15-20-65-21-16-32)33-5-2-4-29-22-39(51-24-35(29)33)30-8-9-38(50-23-30)47(63)56-26-49(27-56)17-12-31(13-18-49)52-37-7-3-6-34-43(37)48(64)57(46(34)62)41-10-11-42(60)53-45(41)61/h2-9,22-24,31-32,41,52H,10-21,25-27H2,1H3,(H,53,60,61). The highest BCUT2D eigenvalue weighted by molar-refractivity contribution is 6.25. The highest BCUT2D eigenvalue weighted by Gasteiger charge is 2.49. The number of carbonyl (C=O) groups is 6. The maximum Gasteiger partial charge on any atom is 0.272 e. The van der Waals surface area contributed by atoms with Crippen molar-refractivity contribution < 1.29 is 33.5 Å². The van der Waals surface area contributed by atoms with Crippen LogP contribution in [0.5, 0.6) is 0 Å². The zero-order chi connectivity index (χ0) is 44.6. The van der Waals surface area contributed by atoms with Gasteiger partial charge in [-0.1, -0.05) is 24.3 Å². The lowest BCUT2D eigenvalue weighted by molar-refractivity contribution is -0.136. The van der Waals surface area contributed by atoms with E-state index in [-0.39, 0.29) is 53.3 Å². The van der Waals surface area contributed by atoms with Gasteiger partial charge < -0.3 is 19.9 Å². The Hall–Kier alpha value is -6.81. The monoisotopic (exact) mass is 875 g/mol. The normalized spacial score (nSPS) is 21.1. The molecule has 16 heteroatoms. The fourth-order valence-electron chi connectivity index (χ4n) is 11.0. The molecule has 65 heavy (non-hydrogen) atoms. The Labute approximate surface area is 374 Å². The first-order chi connectivity index (χ1) is 31.5. The minimum atomic E-state index is -1.02. The fourth-order valence-corrected chi connectivity index (χ4v) is 11.0. The fraction of sp³-hybridized carbons (Fsp3) is 0.408. The van der Waals surface area contributed by atoms with E-state index < -0.39 is 29.7 Å². The molecule has 332 valence electrons. The zero-order valence-corrected chi connectivity index (χ0v) is 36.2. The summed E-state index contributed by atoms with van der Waals surface area (Å²) in [6.45, 7) is 5.56. The van der Waals surface area contributed by atoms with Gasteiger partial charge in [0.15, 0.2) is 0 Å². The molecule has 0 radical (unpaired) electrons. The highest BCUT2D eigenvalue weighted by Crippen LogP contribution is 2.46. The maximum atomic E-state index is 13.7. The maximum absolute atomic E-state index is 13.7. The van der Waals surface area contributed by atoms with Crippen LogP contribution in [0, 0.1) is 5.41 Å². The lowest BCUT2D eigenvalue weighted by Gasteiger charge is -2.53. The third-order valence-corrected chi connectivity index (χ3v) is 14.6. The number of amides is 6. The summed E-state index contributed by atoms with van der Waals surface area (Å²) in [6.07, 6.45) is 9.82. The van der Waals surface area contributed by atoms with Crippen molar-refractivity contribution in [1.82, 2.24) is 39.8 Å². The van der Waals surface area contributed by atoms with Crippen LogP contribution in [0.4, 0.5) is 5.69 Å². The lowest BCUT2D eigenvalue weighted by Crippen LogP contribution is -2.60. The molecule has 3 aromatic heterocycles. The number of aromatic nitrogens is 4. The molecule has 3 saturated heterocycles. The summed E-state index contributed by atoms with van der Waals surface area (Å²) < 4.78 is 7.87. The summed E-state index contributed by atoms with van der Waals surface area (Å²) >= 11 is 0. The van der Waals surface area contributed by atoms with Gasteiger partial charge >= 0.3 is 0 Å². The van der Waals surface area contributed by atoms with Crippen molar-refractivity contribution in [3.8, 4) is 22.5 Å². The van der Waals surface area contributed by atoms with Crippen molar-refractivity contribution in [1.29, 1.82) is 0 Å². The van der Waals surface area contributed by atoms with Gasteiger partial charge in [-0.15, -0.1) is 0 Å². The number of rotatable bonds is 7. The van der Waals surface area contributed by atoms with Crippen LogP contribution in [0.25, 0.3) is 33.3 Å². The van der Waals surface area contributed by atoms with Gasteiger partial charge in [0.25, 0.3) is 17.7 Å². The van der Waals surface area contributed by atoms with Gasteiger partial charge in [0.05, 0.1) is 28.6 Å². The van der Waals surface area contributed by atoms with Gasteiger partial charge in [-0.25, -0.2) is 0 Å². The molecule has 2 N–H and O–H groups in total.